The molecule has 8 heteroatoms. The van der Waals surface area contributed by atoms with Crippen molar-refractivity contribution in [3.05, 3.63) is 68.6 Å². The molecule has 0 aliphatic carbocycles. The number of hydrogen-bond donors (Lipinski definition) is 0. The fraction of sp³-hybridized carbons (Fsp3) is 0.143. The fourth-order valence-corrected chi connectivity index (χ4v) is 1.26. The maximum atomic E-state index is 7.50. The van der Waals surface area contributed by atoms with Crippen LogP contribution < -0.4 is 0 Å². The molecule has 0 aliphatic heterocycles. The maximum absolute atomic E-state index is 7.50. The second kappa shape index (κ2) is 36.6. The second-order valence-corrected chi connectivity index (χ2v) is 3.17. The van der Waals surface area contributed by atoms with E-state index < -0.39 is 0 Å². The summed E-state index contributed by atoms with van der Waals surface area (Å²) in [6.45, 7) is 22.5. The van der Waals surface area contributed by atoms with E-state index in [4.69, 9.17) is 39.6 Å². The van der Waals surface area contributed by atoms with Gasteiger partial charge in [0.05, 0.1) is 0 Å². The van der Waals surface area contributed by atoms with Crippen molar-refractivity contribution in [1.29, 1.82) is 0 Å². The monoisotopic (exact) mass is 360 g/mol. The molecule has 1 aromatic carbocycles. The van der Waals surface area contributed by atoms with E-state index in [0.717, 1.165) is 15.7 Å². The van der Waals surface area contributed by atoms with Gasteiger partial charge in [0.1, 0.15) is 0 Å². The van der Waals surface area contributed by atoms with Crippen molar-refractivity contribution >= 4 is 16.2 Å². The molecule has 0 fully saturated rings. The van der Waals surface area contributed by atoms with Crippen LogP contribution in [0.1, 0.15) is 11.1 Å². The van der Waals surface area contributed by atoms with Gasteiger partial charge in [-0.2, -0.15) is 0 Å². The van der Waals surface area contributed by atoms with E-state index in [9.17, 15) is 0 Å². The van der Waals surface area contributed by atoms with Gasteiger partial charge in [0.15, 0.2) is 0 Å². The third-order valence-corrected chi connectivity index (χ3v) is 2.44. The summed E-state index contributed by atoms with van der Waals surface area (Å²) in [5.74, 6) is 0.533. The summed E-state index contributed by atoms with van der Waals surface area (Å²) >= 11 is 8.53. The molecule has 0 N–H and O–H groups in total. The fourth-order valence-electron chi connectivity index (χ4n) is 0.899. The number of alkyl halides is 1. The molecule has 1 rings (SSSR count). The molecule has 0 saturated heterocycles. The van der Waals surface area contributed by atoms with E-state index in [1.807, 2.05) is 24.3 Å². The normalized spacial score (nSPS) is 5.82. The van der Waals surface area contributed by atoms with Gasteiger partial charge in [-0.1, -0.05) is 0 Å². The van der Waals surface area contributed by atoms with Crippen LogP contribution in [0.15, 0.2) is 24.3 Å². The zero-order chi connectivity index (χ0) is 19.0. The van der Waals surface area contributed by atoms with E-state index in [0.29, 0.717) is 5.88 Å². The summed E-state index contributed by atoms with van der Waals surface area (Å²) in [4.78, 5) is 0. The van der Waals surface area contributed by atoms with E-state index in [1.165, 1.54) is 0 Å². The Morgan fingerprint density at radius 1 is 1.00 bits per heavy atom. The van der Waals surface area contributed by atoms with Gasteiger partial charge in [0.25, 0.3) is 0 Å². The zero-order valence-corrected chi connectivity index (χ0v) is 13.3. The Kier molecular flexibility index (Phi) is 54.1. The van der Waals surface area contributed by atoms with Crippen LogP contribution in [0.25, 0.3) is 0 Å². The summed E-state index contributed by atoms with van der Waals surface area (Å²) in [7, 11) is 1.64. The Balaban J connectivity index is -0.0000000822. The molecular weight excluding hydrogens is 352 g/mol. The molecule has 1 aromatic rings. The Hall–Kier alpha value is -1.43. The van der Waals surface area contributed by atoms with Gasteiger partial charge >= 0.3 is 142 Å². The van der Waals surface area contributed by atoms with E-state index in [1.54, 1.807) is 7.11 Å². The van der Waals surface area contributed by atoms with Gasteiger partial charge < -0.3 is 0 Å². The standard InChI is InChI=1S/C9H9ClO.5CO.Cr/c1-11-7-9-4-2-3-8(5-9)6-10;5*1-2;/h2-5H,6H2,1H3;;;;;;. The third kappa shape index (κ3) is 20.9. The second-order valence-electron chi connectivity index (χ2n) is 2.33. The first kappa shape index (κ1) is 32.5. The molecule has 0 aromatic heterocycles. The SMILES string of the molecule is CO[C](=[Cr])c1cccc(CCl)c1.[C-]#[O+].[C-]#[O+].[C-]#[O+].[C-]#[O+].[C-]#[O+]. The molecule has 0 radical (unpaired) electrons. The predicted molar refractivity (Wildman–Crippen MR) is 66.8 cm³/mol. The van der Waals surface area contributed by atoms with Crippen molar-refractivity contribution in [2.24, 2.45) is 0 Å². The third-order valence-electron chi connectivity index (χ3n) is 1.50. The van der Waals surface area contributed by atoms with E-state index in [2.05, 4.69) is 49.1 Å². The van der Waals surface area contributed by atoms with Crippen molar-refractivity contribution in [3.8, 4) is 0 Å². The van der Waals surface area contributed by atoms with E-state index in [-0.39, 0.29) is 0 Å². The average Bonchev–Trinajstić information content (AvgIpc) is 2.69. The van der Waals surface area contributed by atoms with Gasteiger partial charge in [-0.15, -0.1) is 0 Å². The minimum atomic E-state index is 0.533. The Bertz CT molecular complexity index is 441. The van der Waals surface area contributed by atoms with Gasteiger partial charge in [-0.3, -0.25) is 0 Å². The van der Waals surface area contributed by atoms with Gasteiger partial charge in [0.2, 0.25) is 0 Å². The molecule has 114 valence electrons. The number of halogens is 1. The van der Waals surface area contributed by atoms with Crippen LogP contribution in [0.2, 0.25) is 0 Å². The molecule has 0 amide bonds. The van der Waals surface area contributed by atoms with Crippen LogP contribution in [0, 0.1) is 33.3 Å². The average molecular weight is 361 g/mol. The Morgan fingerprint density at radius 3 is 1.73 bits per heavy atom. The van der Waals surface area contributed by atoms with Gasteiger partial charge in [0, 0.05) is 0 Å². The molecular formula is C14H9ClCrO6. The summed E-state index contributed by atoms with van der Waals surface area (Å²) in [5.41, 5.74) is 2.13. The van der Waals surface area contributed by atoms with Crippen LogP contribution in [0.5, 0.6) is 0 Å². The van der Waals surface area contributed by atoms with E-state index >= 15 is 0 Å². The van der Waals surface area contributed by atoms with Crippen molar-refractivity contribution < 1.29 is 43.8 Å². The molecule has 0 aliphatic rings. The summed E-state index contributed by atoms with van der Waals surface area (Å²) < 4.78 is 43.3. The van der Waals surface area contributed by atoms with Crippen LogP contribution >= 0.6 is 11.6 Å². The van der Waals surface area contributed by atoms with Crippen LogP contribution in [0.3, 0.4) is 0 Å². The van der Waals surface area contributed by atoms with Crippen molar-refractivity contribution in [1.82, 2.24) is 0 Å². The van der Waals surface area contributed by atoms with Crippen molar-refractivity contribution in [3.63, 3.8) is 0 Å². The molecule has 22 heavy (non-hydrogen) atoms. The van der Waals surface area contributed by atoms with Gasteiger partial charge in [-0.25, -0.2) is 0 Å². The Morgan fingerprint density at radius 2 is 1.41 bits per heavy atom. The van der Waals surface area contributed by atoms with Gasteiger partial charge in [-0.05, 0) is 0 Å². The molecule has 0 heterocycles. The molecule has 0 unspecified atom stereocenters. The number of methoxy groups -OCH3 is 1. The summed E-state index contributed by atoms with van der Waals surface area (Å²) in [6.07, 6.45) is 0. The van der Waals surface area contributed by atoms with Crippen LogP contribution in [0.4, 0.5) is 0 Å². The quantitative estimate of drug-likeness (QED) is 0.458. The summed E-state index contributed by atoms with van der Waals surface area (Å²) in [6, 6.07) is 7.93. The topological polar surface area (TPSA) is 109 Å². The first-order chi connectivity index (χ1) is 10.8. The number of ether oxygens (including phenoxy) is 1. The minimum absolute atomic E-state index is 0.533. The predicted octanol–water partition coefficient (Wildman–Crippen LogP) is 1.91. The molecule has 0 spiro atoms. The Labute approximate surface area is 142 Å². The van der Waals surface area contributed by atoms with Crippen molar-refractivity contribution in [2.75, 3.05) is 7.11 Å². The van der Waals surface area contributed by atoms with Crippen molar-refractivity contribution in [2.45, 2.75) is 5.88 Å². The molecule has 0 bridgehead atoms. The molecule has 0 saturated carbocycles. The van der Waals surface area contributed by atoms with Crippen LogP contribution in [-0.4, -0.2) is 11.7 Å². The first-order valence-electron chi connectivity index (χ1n) is 4.53. The number of benzene rings is 1. The first-order valence-corrected chi connectivity index (χ1v) is 5.70. The van der Waals surface area contributed by atoms with Crippen LogP contribution in [-0.2, 0) is 49.7 Å². The number of hydrogen-bond acceptors (Lipinski definition) is 1. The molecule has 6 nitrogen and oxygen atoms in total. The molecule has 0 atom stereocenters. The number of rotatable bonds is 3. The summed E-state index contributed by atoms with van der Waals surface area (Å²) in [5, 5.41) is 0. The zero-order valence-electron chi connectivity index (χ0n) is 11.3.